The van der Waals surface area contributed by atoms with Gasteiger partial charge in [-0.2, -0.15) is 0 Å². The van der Waals surface area contributed by atoms with Gasteiger partial charge < -0.3 is 15.2 Å². The molecule has 0 amide bonds. The Kier molecular flexibility index (Phi) is 2.36. The van der Waals surface area contributed by atoms with Crippen molar-refractivity contribution in [1.29, 1.82) is 0 Å². The van der Waals surface area contributed by atoms with E-state index in [0.717, 1.165) is 25.3 Å². The molecule has 1 aliphatic heterocycles. The van der Waals surface area contributed by atoms with Crippen molar-refractivity contribution in [2.75, 3.05) is 13.1 Å². The highest BCUT2D eigenvalue weighted by atomic mass is 16.5. The van der Waals surface area contributed by atoms with E-state index in [9.17, 15) is 5.11 Å². The molecule has 3 nitrogen and oxygen atoms in total. The van der Waals surface area contributed by atoms with Gasteiger partial charge in [0.15, 0.2) is 0 Å². The van der Waals surface area contributed by atoms with Gasteiger partial charge in [-0.15, -0.1) is 0 Å². The third kappa shape index (κ3) is 2.12. The lowest BCUT2D eigenvalue weighted by Crippen LogP contribution is -2.19. The van der Waals surface area contributed by atoms with E-state index in [4.69, 9.17) is 4.74 Å². The first kappa shape index (κ1) is 8.38. The van der Waals surface area contributed by atoms with Crippen molar-refractivity contribution >= 4 is 0 Å². The maximum atomic E-state index is 9.19. The van der Waals surface area contributed by atoms with Crippen molar-refractivity contribution < 1.29 is 9.84 Å². The zero-order valence-electron chi connectivity index (χ0n) is 7.36. The van der Waals surface area contributed by atoms with Crippen molar-refractivity contribution in [2.24, 2.45) is 0 Å². The highest BCUT2D eigenvalue weighted by molar-refractivity contribution is 5.31. The maximum Gasteiger partial charge on any atom is 0.123 e. The van der Waals surface area contributed by atoms with Crippen molar-refractivity contribution in [3.63, 3.8) is 0 Å². The first-order valence-corrected chi connectivity index (χ1v) is 4.51. The summed E-state index contributed by atoms with van der Waals surface area (Å²) in [6.45, 7) is 1.92. The van der Waals surface area contributed by atoms with E-state index >= 15 is 0 Å². The minimum atomic E-state index is 0.252. The van der Waals surface area contributed by atoms with Crippen LogP contribution in [0.1, 0.15) is 6.42 Å². The van der Waals surface area contributed by atoms with E-state index in [1.165, 1.54) is 0 Å². The highest BCUT2D eigenvalue weighted by Gasteiger charge is 2.15. The molecule has 0 radical (unpaired) electrons. The molecule has 3 heteroatoms. The minimum Gasteiger partial charge on any atom is -0.508 e. The van der Waals surface area contributed by atoms with Crippen LogP contribution in [0, 0.1) is 0 Å². The third-order valence-electron chi connectivity index (χ3n) is 2.14. The van der Waals surface area contributed by atoms with Crippen LogP contribution in [0.25, 0.3) is 0 Å². The van der Waals surface area contributed by atoms with Crippen molar-refractivity contribution in [1.82, 2.24) is 5.32 Å². The molecule has 0 spiro atoms. The fraction of sp³-hybridized carbons (Fsp3) is 0.400. The quantitative estimate of drug-likeness (QED) is 0.715. The molecular weight excluding hydrogens is 166 g/mol. The monoisotopic (exact) mass is 179 g/mol. The zero-order valence-corrected chi connectivity index (χ0v) is 7.36. The molecule has 0 saturated carbocycles. The van der Waals surface area contributed by atoms with Gasteiger partial charge in [-0.1, -0.05) is 6.07 Å². The Balaban J connectivity index is 2.00. The van der Waals surface area contributed by atoms with Crippen molar-refractivity contribution in [3.8, 4) is 11.5 Å². The average molecular weight is 179 g/mol. The standard InChI is InChI=1S/C10H13NO2/c12-8-2-1-3-9(6-8)13-10-4-5-11-7-10/h1-3,6,10-12H,4-5,7H2. The van der Waals surface area contributed by atoms with Crippen LogP contribution in [0.3, 0.4) is 0 Å². The van der Waals surface area contributed by atoms with Crippen molar-refractivity contribution in [3.05, 3.63) is 24.3 Å². The predicted molar refractivity (Wildman–Crippen MR) is 50.0 cm³/mol. The number of phenolic OH excluding ortho intramolecular Hbond substituents is 1. The van der Waals surface area contributed by atoms with Crippen LogP contribution in [-0.2, 0) is 0 Å². The molecule has 1 heterocycles. The molecular formula is C10H13NO2. The van der Waals surface area contributed by atoms with E-state index in [-0.39, 0.29) is 11.9 Å². The van der Waals surface area contributed by atoms with Crippen LogP contribution < -0.4 is 10.1 Å². The van der Waals surface area contributed by atoms with E-state index in [0.29, 0.717) is 0 Å². The topological polar surface area (TPSA) is 41.5 Å². The lowest BCUT2D eigenvalue weighted by atomic mass is 10.3. The van der Waals surface area contributed by atoms with Gasteiger partial charge in [-0.25, -0.2) is 0 Å². The Hall–Kier alpha value is -1.22. The molecule has 2 rings (SSSR count). The summed E-state index contributed by atoms with van der Waals surface area (Å²) in [5.41, 5.74) is 0. The molecule has 1 saturated heterocycles. The molecule has 13 heavy (non-hydrogen) atoms. The van der Waals surface area contributed by atoms with E-state index in [1.54, 1.807) is 18.2 Å². The summed E-state index contributed by atoms with van der Waals surface area (Å²) in [5, 5.41) is 12.4. The molecule has 1 aromatic rings. The minimum absolute atomic E-state index is 0.252. The summed E-state index contributed by atoms with van der Waals surface area (Å²) in [7, 11) is 0. The predicted octanol–water partition coefficient (Wildman–Crippen LogP) is 1.13. The first-order valence-electron chi connectivity index (χ1n) is 4.51. The molecule has 70 valence electrons. The number of phenols is 1. The molecule has 0 aliphatic carbocycles. The molecule has 0 aromatic heterocycles. The fourth-order valence-electron chi connectivity index (χ4n) is 1.48. The molecule has 0 bridgehead atoms. The van der Waals surface area contributed by atoms with Gasteiger partial charge in [0.25, 0.3) is 0 Å². The number of rotatable bonds is 2. The largest absolute Gasteiger partial charge is 0.508 e. The lowest BCUT2D eigenvalue weighted by Gasteiger charge is -2.11. The molecule has 1 aromatic carbocycles. The van der Waals surface area contributed by atoms with Crippen LogP contribution in [-0.4, -0.2) is 24.3 Å². The number of benzene rings is 1. The van der Waals surface area contributed by atoms with Crippen molar-refractivity contribution in [2.45, 2.75) is 12.5 Å². The Morgan fingerprint density at radius 2 is 2.38 bits per heavy atom. The van der Waals surface area contributed by atoms with Gasteiger partial charge in [0.1, 0.15) is 17.6 Å². The summed E-state index contributed by atoms with van der Waals surface area (Å²) >= 11 is 0. The Bertz CT molecular complexity index is 282. The SMILES string of the molecule is Oc1cccc(OC2CCNC2)c1. The molecule has 1 unspecified atom stereocenters. The first-order chi connectivity index (χ1) is 6.34. The number of aromatic hydroxyl groups is 1. The fourth-order valence-corrected chi connectivity index (χ4v) is 1.48. The molecule has 1 atom stereocenters. The third-order valence-corrected chi connectivity index (χ3v) is 2.14. The molecule has 1 aliphatic rings. The summed E-state index contributed by atoms with van der Waals surface area (Å²) in [4.78, 5) is 0. The van der Waals surface area contributed by atoms with Crippen LogP contribution in [0.5, 0.6) is 11.5 Å². The van der Waals surface area contributed by atoms with Gasteiger partial charge in [0.2, 0.25) is 0 Å². The van der Waals surface area contributed by atoms with Crippen LogP contribution in [0.15, 0.2) is 24.3 Å². The summed E-state index contributed by atoms with van der Waals surface area (Å²) in [6.07, 6.45) is 1.29. The Labute approximate surface area is 77.3 Å². The average Bonchev–Trinajstić information content (AvgIpc) is 2.57. The lowest BCUT2D eigenvalue weighted by molar-refractivity contribution is 0.222. The van der Waals surface area contributed by atoms with Crippen LogP contribution in [0.4, 0.5) is 0 Å². The Morgan fingerprint density at radius 1 is 1.46 bits per heavy atom. The van der Waals surface area contributed by atoms with E-state index < -0.39 is 0 Å². The second-order valence-electron chi connectivity index (χ2n) is 3.23. The van der Waals surface area contributed by atoms with Gasteiger partial charge in [0.05, 0.1) is 0 Å². The molecule has 2 N–H and O–H groups in total. The van der Waals surface area contributed by atoms with Gasteiger partial charge in [-0.3, -0.25) is 0 Å². The smallest absolute Gasteiger partial charge is 0.123 e. The normalized spacial score (nSPS) is 21.7. The number of hydrogen-bond donors (Lipinski definition) is 2. The number of ether oxygens (including phenoxy) is 1. The zero-order chi connectivity index (χ0) is 9.10. The molecule has 1 fully saturated rings. The number of nitrogens with one attached hydrogen (secondary N) is 1. The maximum absolute atomic E-state index is 9.19. The number of hydrogen-bond acceptors (Lipinski definition) is 3. The highest BCUT2D eigenvalue weighted by Crippen LogP contribution is 2.20. The van der Waals surface area contributed by atoms with Gasteiger partial charge in [-0.05, 0) is 25.1 Å². The van der Waals surface area contributed by atoms with E-state index in [2.05, 4.69) is 5.32 Å². The van der Waals surface area contributed by atoms with Crippen LogP contribution >= 0.6 is 0 Å². The summed E-state index contributed by atoms with van der Waals surface area (Å²) in [6, 6.07) is 6.92. The second-order valence-corrected chi connectivity index (χ2v) is 3.23. The summed E-state index contributed by atoms with van der Waals surface area (Å²) in [5.74, 6) is 0.997. The Morgan fingerprint density at radius 3 is 3.08 bits per heavy atom. The second kappa shape index (κ2) is 3.66. The van der Waals surface area contributed by atoms with E-state index in [1.807, 2.05) is 6.07 Å². The van der Waals surface area contributed by atoms with Gasteiger partial charge in [0, 0.05) is 12.6 Å². The summed E-state index contributed by atoms with van der Waals surface area (Å²) < 4.78 is 5.63. The van der Waals surface area contributed by atoms with Gasteiger partial charge >= 0.3 is 0 Å². The van der Waals surface area contributed by atoms with Crippen LogP contribution in [0.2, 0.25) is 0 Å².